The van der Waals surface area contributed by atoms with Gasteiger partial charge in [-0.3, -0.25) is 0 Å². The summed E-state index contributed by atoms with van der Waals surface area (Å²) in [6.07, 6.45) is 5.51. The molecule has 2 rings (SSSR count). The monoisotopic (exact) mass is 358 g/mol. The summed E-state index contributed by atoms with van der Waals surface area (Å²) in [5, 5.41) is 1.47. The Hall–Kier alpha value is 0.246. The molecule has 0 saturated heterocycles. The molecule has 0 fully saturated rings. The molecule has 0 aliphatic rings. The Labute approximate surface area is 182 Å². The molecule has 2 aromatic rings. The molecular weight excluding hydrogens is 335 g/mol. The summed E-state index contributed by atoms with van der Waals surface area (Å²) in [7, 11) is -4.48. The van der Waals surface area contributed by atoms with Gasteiger partial charge in [0.2, 0.25) is 0 Å². The number of aryl methyl sites for hydroxylation is 2. The Morgan fingerprint density at radius 1 is 0.870 bits per heavy atom. The van der Waals surface area contributed by atoms with Crippen LogP contribution in [0.3, 0.4) is 0 Å². The van der Waals surface area contributed by atoms with Crippen molar-refractivity contribution in [3.63, 3.8) is 0 Å². The molecule has 0 radical (unpaired) electrons. The van der Waals surface area contributed by atoms with Gasteiger partial charge in [0.05, 0.1) is 4.90 Å². The van der Waals surface area contributed by atoms with Gasteiger partial charge in [-0.2, -0.15) is 0 Å². The van der Waals surface area contributed by atoms with Gasteiger partial charge in [0.25, 0.3) is 0 Å². The van der Waals surface area contributed by atoms with Crippen LogP contribution in [-0.4, -0.2) is 13.0 Å². The van der Waals surface area contributed by atoms with Gasteiger partial charge in [-0.25, -0.2) is 8.42 Å². The third-order valence-corrected chi connectivity index (χ3v) is 5.02. The van der Waals surface area contributed by atoms with Crippen LogP contribution in [0.1, 0.15) is 50.7 Å². The fourth-order valence-electron chi connectivity index (χ4n) is 2.88. The van der Waals surface area contributed by atoms with E-state index >= 15 is 0 Å². The van der Waals surface area contributed by atoms with Crippen LogP contribution < -0.4 is 51.4 Å². The topological polar surface area (TPSA) is 57.2 Å². The summed E-state index contributed by atoms with van der Waals surface area (Å²) in [6.45, 7) is 4.18. The van der Waals surface area contributed by atoms with Gasteiger partial charge in [-0.05, 0) is 47.6 Å². The van der Waals surface area contributed by atoms with E-state index in [2.05, 4.69) is 13.8 Å². The minimum atomic E-state index is -4.48. The van der Waals surface area contributed by atoms with Crippen LogP contribution in [0.5, 0.6) is 0 Å². The Morgan fingerprint density at radius 2 is 1.48 bits per heavy atom. The van der Waals surface area contributed by atoms with Gasteiger partial charge < -0.3 is 4.55 Å². The van der Waals surface area contributed by atoms with Crippen molar-refractivity contribution >= 4 is 20.9 Å². The fourth-order valence-corrected chi connectivity index (χ4v) is 3.82. The smallest absolute Gasteiger partial charge is 0.744 e. The third-order valence-electron chi connectivity index (χ3n) is 4.03. The third kappa shape index (κ3) is 5.36. The maximum Gasteiger partial charge on any atom is 1.00 e. The second kappa shape index (κ2) is 9.66. The molecule has 0 aromatic heterocycles. The molecule has 23 heavy (non-hydrogen) atoms. The maximum absolute atomic E-state index is 11.8. The van der Waals surface area contributed by atoms with Crippen LogP contribution in [0.25, 0.3) is 10.8 Å². The van der Waals surface area contributed by atoms with Crippen molar-refractivity contribution < 1.29 is 64.4 Å². The predicted octanol–water partition coefficient (Wildman–Crippen LogP) is 1.43. The van der Waals surface area contributed by atoms with E-state index in [4.69, 9.17) is 0 Å². The normalized spacial score (nSPS) is 11.4. The van der Waals surface area contributed by atoms with Crippen LogP contribution in [0.2, 0.25) is 0 Å². The maximum atomic E-state index is 11.8. The fraction of sp³-hybridized carbons (Fsp3) is 0.444. The Morgan fingerprint density at radius 3 is 2.04 bits per heavy atom. The summed E-state index contributed by atoms with van der Waals surface area (Å²) >= 11 is 0. The molecule has 0 saturated carbocycles. The predicted molar refractivity (Wildman–Crippen MR) is 89.1 cm³/mol. The average Bonchev–Trinajstić information content (AvgIpc) is 2.48. The zero-order valence-electron chi connectivity index (χ0n) is 14.3. The van der Waals surface area contributed by atoms with Crippen molar-refractivity contribution in [2.75, 3.05) is 0 Å². The number of hydrogen-bond acceptors (Lipinski definition) is 3. The van der Waals surface area contributed by atoms with Crippen molar-refractivity contribution in [2.45, 2.75) is 57.3 Å². The molecule has 5 heteroatoms. The quantitative estimate of drug-likeness (QED) is 0.556. The molecule has 0 amide bonds. The number of benzene rings is 2. The van der Waals surface area contributed by atoms with E-state index in [9.17, 15) is 13.0 Å². The van der Waals surface area contributed by atoms with Crippen LogP contribution in [-0.2, 0) is 23.0 Å². The number of fused-ring (bicyclic) bond motifs is 1. The Balaban J connectivity index is 0.00000264. The van der Waals surface area contributed by atoms with Gasteiger partial charge in [0.15, 0.2) is 0 Å². The number of hydrogen-bond donors (Lipinski definition) is 0. The van der Waals surface area contributed by atoms with Crippen LogP contribution in [0.4, 0.5) is 0 Å². The largest absolute Gasteiger partial charge is 1.00 e. The van der Waals surface area contributed by atoms with Gasteiger partial charge >= 0.3 is 51.4 Å². The van der Waals surface area contributed by atoms with Gasteiger partial charge in [0, 0.05) is 0 Å². The van der Waals surface area contributed by atoms with Crippen LogP contribution in [0.15, 0.2) is 35.2 Å². The standard InChI is InChI=1S/C18H24O3S.K/c1-3-5-8-14-10-7-11-17-16(14)13-12-15(9-6-4-2)18(17)22(19,20)21;/h7,10-13H,3-6,8-9H2,1-2H3,(H,19,20,21);/q;+1/p-1. The van der Waals surface area contributed by atoms with E-state index in [1.807, 2.05) is 24.3 Å². The molecular formula is C18H23KO3S. The minimum Gasteiger partial charge on any atom is -0.744 e. The molecule has 0 unspecified atom stereocenters. The summed E-state index contributed by atoms with van der Waals surface area (Å²) in [6, 6.07) is 9.42. The van der Waals surface area contributed by atoms with Crippen molar-refractivity contribution in [2.24, 2.45) is 0 Å². The van der Waals surface area contributed by atoms with Gasteiger partial charge in [-0.1, -0.05) is 57.0 Å². The Bertz CT molecular complexity index is 754. The first kappa shape index (κ1) is 21.3. The average molecular weight is 359 g/mol. The van der Waals surface area contributed by atoms with Crippen molar-refractivity contribution in [3.8, 4) is 0 Å². The summed E-state index contributed by atoms with van der Waals surface area (Å²) in [4.78, 5) is -0.0169. The molecule has 0 N–H and O–H groups in total. The zero-order chi connectivity index (χ0) is 16.2. The summed E-state index contributed by atoms with van der Waals surface area (Å²) in [5.41, 5.74) is 1.77. The van der Waals surface area contributed by atoms with E-state index in [1.54, 1.807) is 6.07 Å². The van der Waals surface area contributed by atoms with Crippen molar-refractivity contribution in [3.05, 3.63) is 41.5 Å². The minimum absolute atomic E-state index is 0. The summed E-state index contributed by atoms with van der Waals surface area (Å²) < 4.78 is 35.4. The molecule has 0 aliphatic carbocycles. The molecule has 0 spiro atoms. The van der Waals surface area contributed by atoms with Crippen LogP contribution in [0, 0.1) is 0 Å². The van der Waals surface area contributed by atoms with Crippen molar-refractivity contribution in [1.29, 1.82) is 0 Å². The van der Waals surface area contributed by atoms with Gasteiger partial charge in [-0.15, -0.1) is 0 Å². The first-order chi connectivity index (χ1) is 10.5. The SMILES string of the molecule is CCCCc1ccc2c(CCCC)cccc2c1S(=O)(=O)[O-].[K+]. The second-order valence-electron chi connectivity index (χ2n) is 5.73. The molecule has 0 atom stereocenters. The molecule has 0 aliphatic heterocycles. The molecule has 120 valence electrons. The van der Waals surface area contributed by atoms with E-state index in [1.165, 1.54) is 0 Å². The van der Waals surface area contributed by atoms with E-state index < -0.39 is 10.1 Å². The van der Waals surface area contributed by atoms with Crippen LogP contribution >= 0.6 is 0 Å². The van der Waals surface area contributed by atoms with E-state index in [0.717, 1.165) is 43.1 Å². The first-order valence-corrected chi connectivity index (χ1v) is 9.39. The zero-order valence-corrected chi connectivity index (χ0v) is 18.2. The Kier molecular flexibility index (Phi) is 8.94. The molecule has 3 nitrogen and oxygen atoms in total. The number of rotatable bonds is 7. The molecule has 0 bridgehead atoms. The van der Waals surface area contributed by atoms with Gasteiger partial charge in [0.1, 0.15) is 10.1 Å². The van der Waals surface area contributed by atoms with E-state index in [-0.39, 0.29) is 56.3 Å². The summed E-state index contributed by atoms with van der Waals surface area (Å²) in [5.74, 6) is 0. The van der Waals surface area contributed by atoms with E-state index in [0.29, 0.717) is 17.4 Å². The molecule has 2 aromatic carbocycles. The molecule has 0 heterocycles. The van der Waals surface area contributed by atoms with Crippen molar-refractivity contribution in [1.82, 2.24) is 0 Å². The number of unbranched alkanes of at least 4 members (excludes halogenated alkanes) is 2. The second-order valence-corrected chi connectivity index (χ2v) is 7.04. The first-order valence-electron chi connectivity index (χ1n) is 7.98.